The summed E-state index contributed by atoms with van der Waals surface area (Å²) in [5.41, 5.74) is 9.24. The van der Waals surface area contributed by atoms with E-state index < -0.39 is 0 Å². The number of pyridine rings is 1. The van der Waals surface area contributed by atoms with E-state index in [2.05, 4.69) is 33.1 Å². The topological polar surface area (TPSA) is 46.6 Å². The molecule has 3 rings (SSSR count). The predicted octanol–water partition coefficient (Wildman–Crippen LogP) is 1.94. The average Bonchev–Trinajstić information content (AvgIpc) is 2.88. The molecule has 1 unspecified atom stereocenters. The number of fused-ring (bicyclic) bond motifs is 1. The first-order valence-electron chi connectivity index (χ1n) is 7.33. The van der Waals surface area contributed by atoms with Crippen molar-refractivity contribution in [3.63, 3.8) is 0 Å². The van der Waals surface area contributed by atoms with Crippen molar-refractivity contribution in [1.82, 2.24) is 14.3 Å². The van der Waals surface area contributed by atoms with E-state index in [9.17, 15) is 0 Å². The number of hydrogen-bond donors (Lipinski definition) is 1. The Morgan fingerprint density at radius 2 is 2.35 bits per heavy atom. The lowest BCUT2D eigenvalue weighted by atomic mass is 10.1. The van der Waals surface area contributed by atoms with Crippen LogP contribution in [0.1, 0.15) is 24.2 Å². The van der Waals surface area contributed by atoms with Crippen LogP contribution in [0.3, 0.4) is 0 Å². The lowest BCUT2D eigenvalue weighted by Crippen LogP contribution is -2.43. The zero-order valence-corrected chi connectivity index (χ0v) is 11.8. The van der Waals surface area contributed by atoms with Gasteiger partial charge in [-0.05, 0) is 37.6 Å². The fourth-order valence-corrected chi connectivity index (χ4v) is 2.94. The number of aromatic nitrogens is 2. The first kappa shape index (κ1) is 13.3. The lowest BCUT2D eigenvalue weighted by Gasteiger charge is -2.30. The average molecular weight is 270 g/mol. The van der Waals surface area contributed by atoms with E-state index in [1.165, 1.54) is 13.0 Å². The molecule has 4 heteroatoms. The Morgan fingerprint density at radius 1 is 1.45 bits per heavy atom. The molecule has 1 aliphatic heterocycles. The van der Waals surface area contributed by atoms with Crippen molar-refractivity contribution < 1.29 is 0 Å². The van der Waals surface area contributed by atoms with Gasteiger partial charge in [0.1, 0.15) is 5.65 Å². The minimum absolute atomic E-state index is 0.345. The Bertz CT molecular complexity index is 602. The highest BCUT2D eigenvalue weighted by Gasteiger charge is 2.16. The molecule has 3 heterocycles. The fraction of sp³-hybridized carbons (Fsp3) is 0.438. The summed E-state index contributed by atoms with van der Waals surface area (Å²) in [6.07, 6.45) is 7.34. The van der Waals surface area contributed by atoms with Crippen LogP contribution in [0.5, 0.6) is 0 Å². The Kier molecular flexibility index (Phi) is 3.85. The van der Waals surface area contributed by atoms with Crippen molar-refractivity contribution in [3.8, 4) is 0 Å². The normalized spacial score (nSPS) is 20.4. The Labute approximate surface area is 119 Å². The zero-order valence-electron chi connectivity index (χ0n) is 11.8. The lowest BCUT2D eigenvalue weighted by molar-refractivity contribution is 0.211. The van der Waals surface area contributed by atoms with Gasteiger partial charge in [-0.15, -0.1) is 0 Å². The molecule has 2 aromatic heterocycles. The van der Waals surface area contributed by atoms with Crippen LogP contribution in [0.2, 0.25) is 0 Å². The van der Waals surface area contributed by atoms with Gasteiger partial charge in [-0.1, -0.05) is 12.6 Å². The molecule has 0 bridgehead atoms. The first-order valence-corrected chi connectivity index (χ1v) is 7.33. The van der Waals surface area contributed by atoms with Crippen LogP contribution in [-0.4, -0.2) is 40.0 Å². The van der Waals surface area contributed by atoms with Crippen LogP contribution >= 0.6 is 0 Å². The van der Waals surface area contributed by atoms with Gasteiger partial charge >= 0.3 is 0 Å². The van der Waals surface area contributed by atoms with E-state index in [1.807, 2.05) is 18.2 Å². The predicted molar refractivity (Wildman–Crippen MR) is 82.6 cm³/mol. The highest BCUT2D eigenvalue weighted by atomic mass is 15.1. The third-order valence-electron chi connectivity index (χ3n) is 4.01. The molecule has 0 amide bonds. The van der Waals surface area contributed by atoms with Gasteiger partial charge in [0.25, 0.3) is 0 Å². The monoisotopic (exact) mass is 270 g/mol. The van der Waals surface area contributed by atoms with Gasteiger partial charge in [0.15, 0.2) is 0 Å². The highest BCUT2D eigenvalue weighted by Crippen LogP contribution is 2.12. The van der Waals surface area contributed by atoms with E-state index >= 15 is 0 Å². The standard InChI is InChI=1S/C16H22N4/c1-2-15-6-3-7-16-18-14(12-20(15)16)8-10-19-9-4-5-13(17)11-19/h2-3,6-7,12-13H,1,4-5,8-11,17H2. The second-order valence-electron chi connectivity index (χ2n) is 5.57. The second kappa shape index (κ2) is 5.77. The zero-order chi connectivity index (χ0) is 13.9. The van der Waals surface area contributed by atoms with Gasteiger partial charge in [0.05, 0.1) is 5.69 Å². The molecule has 0 radical (unpaired) electrons. The largest absolute Gasteiger partial charge is 0.327 e. The van der Waals surface area contributed by atoms with E-state index in [-0.39, 0.29) is 0 Å². The molecule has 0 aliphatic carbocycles. The Hall–Kier alpha value is -1.65. The molecule has 2 aromatic rings. The Balaban J connectivity index is 1.70. The van der Waals surface area contributed by atoms with Gasteiger partial charge in [-0.3, -0.25) is 0 Å². The van der Waals surface area contributed by atoms with Crippen molar-refractivity contribution >= 4 is 11.7 Å². The maximum absolute atomic E-state index is 6.02. The van der Waals surface area contributed by atoms with Crippen LogP contribution in [0, 0.1) is 0 Å². The number of likely N-dealkylation sites (tertiary alicyclic amines) is 1. The van der Waals surface area contributed by atoms with Crippen LogP contribution in [0.25, 0.3) is 11.7 Å². The van der Waals surface area contributed by atoms with E-state index in [0.717, 1.165) is 43.0 Å². The van der Waals surface area contributed by atoms with Crippen molar-refractivity contribution in [2.45, 2.75) is 25.3 Å². The van der Waals surface area contributed by atoms with Gasteiger partial charge in [0, 0.05) is 37.4 Å². The Morgan fingerprint density at radius 3 is 3.15 bits per heavy atom. The van der Waals surface area contributed by atoms with Crippen molar-refractivity contribution in [2.75, 3.05) is 19.6 Å². The van der Waals surface area contributed by atoms with Crippen molar-refractivity contribution in [2.24, 2.45) is 5.73 Å². The minimum Gasteiger partial charge on any atom is -0.327 e. The molecule has 1 aliphatic rings. The van der Waals surface area contributed by atoms with Crippen LogP contribution < -0.4 is 5.73 Å². The summed E-state index contributed by atoms with van der Waals surface area (Å²) >= 11 is 0. The third-order valence-corrected chi connectivity index (χ3v) is 4.01. The summed E-state index contributed by atoms with van der Waals surface area (Å²) in [5.74, 6) is 0. The first-order chi connectivity index (χ1) is 9.76. The number of piperidine rings is 1. The molecule has 0 aromatic carbocycles. The highest BCUT2D eigenvalue weighted by molar-refractivity contribution is 5.51. The second-order valence-corrected chi connectivity index (χ2v) is 5.57. The molecule has 106 valence electrons. The van der Waals surface area contributed by atoms with Crippen LogP contribution in [0.4, 0.5) is 0 Å². The number of imidazole rings is 1. The molecule has 2 N–H and O–H groups in total. The van der Waals surface area contributed by atoms with E-state index in [1.54, 1.807) is 0 Å². The van der Waals surface area contributed by atoms with Gasteiger partial charge in [-0.2, -0.15) is 0 Å². The number of nitrogens with zero attached hydrogens (tertiary/aromatic N) is 3. The SMILES string of the molecule is C=Cc1cccc2nc(CCN3CCCC(N)C3)cn12. The quantitative estimate of drug-likeness (QED) is 0.923. The molecule has 20 heavy (non-hydrogen) atoms. The maximum atomic E-state index is 6.02. The summed E-state index contributed by atoms with van der Waals surface area (Å²) in [5, 5.41) is 0. The minimum atomic E-state index is 0.345. The molecule has 1 atom stereocenters. The number of rotatable bonds is 4. The smallest absolute Gasteiger partial charge is 0.137 e. The molecule has 4 nitrogen and oxygen atoms in total. The van der Waals surface area contributed by atoms with Gasteiger partial charge < -0.3 is 15.0 Å². The summed E-state index contributed by atoms with van der Waals surface area (Å²) in [6.45, 7) is 7.07. The summed E-state index contributed by atoms with van der Waals surface area (Å²) in [6, 6.07) is 6.45. The molecular formula is C16H22N4. The fourth-order valence-electron chi connectivity index (χ4n) is 2.94. The van der Waals surface area contributed by atoms with Crippen LogP contribution in [0.15, 0.2) is 31.0 Å². The molecule has 0 saturated carbocycles. The number of nitrogens with two attached hydrogens (primary N) is 1. The summed E-state index contributed by atoms with van der Waals surface area (Å²) in [4.78, 5) is 7.13. The molecule has 0 spiro atoms. The van der Waals surface area contributed by atoms with E-state index in [4.69, 9.17) is 5.73 Å². The maximum Gasteiger partial charge on any atom is 0.137 e. The summed E-state index contributed by atoms with van der Waals surface area (Å²) in [7, 11) is 0. The van der Waals surface area contributed by atoms with Crippen LogP contribution in [-0.2, 0) is 6.42 Å². The summed E-state index contributed by atoms with van der Waals surface area (Å²) < 4.78 is 2.10. The van der Waals surface area contributed by atoms with Gasteiger partial charge in [-0.25, -0.2) is 4.98 Å². The van der Waals surface area contributed by atoms with Gasteiger partial charge in [0.2, 0.25) is 0 Å². The van der Waals surface area contributed by atoms with E-state index in [0.29, 0.717) is 6.04 Å². The van der Waals surface area contributed by atoms with Crippen molar-refractivity contribution in [1.29, 1.82) is 0 Å². The number of hydrogen-bond acceptors (Lipinski definition) is 3. The van der Waals surface area contributed by atoms with Crippen molar-refractivity contribution in [3.05, 3.63) is 42.4 Å². The molecule has 1 saturated heterocycles. The molecule has 1 fully saturated rings. The molecular weight excluding hydrogens is 248 g/mol. The third kappa shape index (κ3) is 2.76.